The Hall–Kier alpha value is -4.25. The van der Waals surface area contributed by atoms with Crippen LogP contribution in [0.15, 0.2) is 60.8 Å². The van der Waals surface area contributed by atoms with Gasteiger partial charge in [-0.15, -0.1) is 5.10 Å². The largest absolute Gasteiger partial charge is 0.384 e. The van der Waals surface area contributed by atoms with Gasteiger partial charge in [0.15, 0.2) is 0 Å². The van der Waals surface area contributed by atoms with Gasteiger partial charge in [-0.3, -0.25) is 0 Å². The van der Waals surface area contributed by atoms with Gasteiger partial charge in [-0.25, -0.2) is 14.6 Å². The third-order valence-corrected chi connectivity index (χ3v) is 5.76. The van der Waals surface area contributed by atoms with E-state index in [-0.39, 0.29) is 0 Å². The first-order valence-electron chi connectivity index (χ1n) is 11.1. The van der Waals surface area contributed by atoms with Gasteiger partial charge in [0.1, 0.15) is 17.3 Å². The van der Waals surface area contributed by atoms with Crippen molar-refractivity contribution in [1.29, 1.82) is 5.26 Å². The summed E-state index contributed by atoms with van der Waals surface area (Å²) in [6.45, 7) is 2.66. The van der Waals surface area contributed by atoms with Crippen LogP contribution in [0, 0.1) is 11.3 Å². The fraction of sp³-hybridized carbons (Fsp3) is 0.240. The summed E-state index contributed by atoms with van der Waals surface area (Å²) >= 11 is 0. The van der Waals surface area contributed by atoms with Crippen molar-refractivity contribution in [3.8, 4) is 28.6 Å². The summed E-state index contributed by atoms with van der Waals surface area (Å²) in [5.41, 5.74) is 10.6. The summed E-state index contributed by atoms with van der Waals surface area (Å²) in [6.07, 6.45) is 5.62. The lowest BCUT2D eigenvalue weighted by molar-refractivity contribution is 0.571. The second-order valence-corrected chi connectivity index (χ2v) is 8.19. The summed E-state index contributed by atoms with van der Waals surface area (Å²) in [6, 6.07) is 19.3. The van der Waals surface area contributed by atoms with Crippen molar-refractivity contribution in [3.63, 3.8) is 0 Å². The van der Waals surface area contributed by atoms with E-state index in [1.54, 1.807) is 22.9 Å². The maximum atomic E-state index is 9.19. The Kier molecular flexibility index (Phi) is 5.68. The molecule has 1 saturated heterocycles. The van der Waals surface area contributed by atoms with E-state index < -0.39 is 0 Å². The number of piperidine rings is 1. The number of nitriles is 1. The fourth-order valence-corrected chi connectivity index (χ4v) is 4.12. The van der Waals surface area contributed by atoms with Gasteiger partial charge in [-0.05, 0) is 55.7 Å². The number of rotatable bonds is 5. The molecule has 8 heteroatoms. The molecule has 0 radical (unpaired) electrons. The van der Waals surface area contributed by atoms with Crippen LogP contribution in [0.5, 0.6) is 0 Å². The van der Waals surface area contributed by atoms with Crippen LogP contribution in [0.2, 0.25) is 0 Å². The quantitative estimate of drug-likeness (QED) is 0.505. The number of nitrogens with two attached hydrogens (primary N) is 1. The number of anilines is 2. The van der Waals surface area contributed by atoms with Crippen molar-refractivity contribution in [2.24, 2.45) is 0 Å². The predicted molar refractivity (Wildman–Crippen MR) is 127 cm³/mol. The molecule has 4 aromatic rings. The van der Waals surface area contributed by atoms with Crippen molar-refractivity contribution in [2.75, 3.05) is 23.7 Å². The summed E-state index contributed by atoms with van der Waals surface area (Å²) in [7, 11) is 0. The second kappa shape index (κ2) is 9.09. The average molecular weight is 437 g/mol. The van der Waals surface area contributed by atoms with Gasteiger partial charge in [0.05, 0.1) is 35.8 Å². The Morgan fingerprint density at radius 2 is 1.76 bits per heavy atom. The molecule has 2 N–H and O–H groups in total. The van der Waals surface area contributed by atoms with Crippen molar-refractivity contribution < 1.29 is 0 Å². The zero-order valence-electron chi connectivity index (χ0n) is 18.2. The van der Waals surface area contributed by atoms with Gasteiger partial charge in [0.2, 0.25) is 0 Å². The molecule has 8 nitrogen and oxygen atoms in total. The summed E-state index contributed by atoms with van der Waals surface area (Å²) in [4.78, 5) is 11.6. The molecule has 33 heavy (non-hydrogen) atoms. The van der Waals surface area contributed by atoms with Crippen molar-refractivity contribution >= 4 is 11.6 Å². The third kappa shape index (κ3) is 4.67. The minimum Gasteiger partial charge on any atom is -0.384 e. The Morgan fingerprint density at radius 3 is 2.61 bits per heavy atom. The maximum Gasteiger partial charge on any atom is 0.128 e. The van der Waals surface area contributed by atoms with Crippen LogP contribution in [-0.4, -0.2) is 38.1 Å². The van der Waals surface area contributed by atoms with Crippen LogP contribution in [-0.2, 0) is 6.54 Å². The van der Waals surface area contributed by atoms with Crippen LogP contribution >= 0.6 is 0 Å². The number of pyridine rings is 2. The molecule has 0 saturated carbocycles. The topological polar surface area (TPSA) is 110 Å². The second-order valence-electron chi connectivity index (χ2n) is 8.19. The van der Waals surface area contributed by atoms with E-state index in [0.717, 1.165) is 35.7 Å². The molecule has 1 aliphatic rings. The van der Waals surface area contributed by atoms with Crippen LogP contribution in [0.1, 0.15) is 30.5 Å². The van der Waals surface area contributed by atoms with Crippen molar-refractivity contribution in [3.05, 3.63) is 72.1 Å². The van der Waals surface area contributed by atoms with E-state index >= 15 is 0 Å². The highest BCUT2D eigenvalue weighted by Gasteiger charge is 2.13. The lowest BCUT2D eigenvalue weighted by atomic mass is 10.1. The van der Waals surface area contributed by atoms with Crippen LogP contribution in [0.25, 0.3) is 22.5 Å². The molecule has 4 heterocycles. The molecule has 0 aliphatic carbocycles. The summed E-state index contributed by atoms with van der Waals surface area (Å²) in [5.74, 6) is 1.41. The first-order valence-corrected chi connectivity index (χ1v) is 11.1. The van der Waals surface area contributed by atoms with E-state index in [2.05, 4.69) is 38.4 Å². The molecule has 3 aromatic heterocycles. The maximum absolute atomic E-state index is 9.19. The molecule has 0 bridgehead atoms. The molecule has 0 amide bonds. The first-order chi connectivity index (χ1) is 16.2. The van der Waals surface area contributed by atoms with Gasteiger partial charge in [0, 0.05) is 24.2 Å². The molecule has 0 unspecified atom stereocenters. The van der Waals surface area contributed by atoms with Crippen LogP contribution in [0.4, 0.5) is 11.6 Å². The van der Waals surface area contributed by atoms with E-state index in [1.807, 2.05) is 30.5 Å². The standard InChI is InChI=1S/C25H24N8/c26-15-18-6-4-7-19(12-18)22-13-20(14-24(27)29-22)23-17-33(31-30-23)16-21-8-5-9-25(28-21)32-10-2-1-3-11-32/h4-9,12-14,17H,1-3,10-11,16H2,(H2,27,29). The summed E-state index contributed by atoms with van der Waals surface area (Å²) in [5, 5.41) is 17.8. The molecular formula is C25H24N8. The average Bonchev–Trinajstić information content (AvgIpc) is 3.33. The molecule has 164 valence electrons. The predicted octanol–water partition coefficient (Wildman–Crippen LogP) is 3.89. The van der Waals surface area contributed by atoms with Crippen molar-refractivity contribution in [1.82, 2.24) is 25.0 Å². The number of hydrogen-bond donors (Lipinski definition) is 1. The summed E-state index contributed by atoms with van der Waals surface area (Å²) < 4.78 is 1.78. The molecular weight excluding hydrogens is 412 g/mol. The highest BCUT2D eigenvalue weighted by molar-refractivity contribution is 5.71. The normalized spacial score (nSPS) is 13.6. The number of hydrogen-bond acceptors (Lipinski definition) is 7. The van der Waals surface area contributed by atoms with Crippen LogP contribution in [0.3, 0.4) is 0 Å². The highest BCUT2D eigenvalue weighted by atomic mass is 15.4. The Labute approximate surface area is 192 Å². The Bertz CT molecular complexity index is 1310. The van der Waals surface area contributed by atoms with Crippen LogP contribution < -0.4 is 10.6 Å². The lowest BCUT2D eigenvalue weighted by Crippen LogP contribution is -2.30. The van der Waals surface area contributed by atoms with Crippen molar-refractivity contribution in [2.45, 2.75) is 25.8 Å². The molecule has 0 spiro atoms. The number of benzene rings is 1. The van der Waals surface area contributed by atoms with Gasteiger partial charge < -0.3 is 10.6 Å². The van der Waals surface area contributed by atoms with E-state index in [0.29, 0.717) is 29.3 Å². The third-order valence-electron chi connectivity index (χ3n) is 5.76. The number of nitrogens with zero attached hydrogens (tertiary/aromatic N) is 7. The fourth-order valence-electron chi connectivity index (χ4n) is 4.12. The van der Waals surface area contributed by atoms with Gasteiger partial charge in [-0.2, -0.15) is 5.26 Å². The molecule has 5 rings (SSSR count). The van der Waals surface area contributed by atoms with Gasteiger partial charge >= 0.3 is 0 Å². The Balaban J connectivity index is 1.38. The Morgan fingerprint density at radius 1 is 0.909 bits per heavy atom. The van der Waals surface area contributed by atoms with Gasteiger partial charge in [-0.1, -0.05) is 23.4 Å². The number of nitrogen functional groups attached to an aromatic ring is 1. The van der Waals surface area contributed by atoms with E-state index in [9.17, 15) is 5.26 Å². The number of aromatic nitrogens is 5. The van der Waals surface area contributed by atoms with Gasteiger partial charge in [0.25, 0.3) is 0 Å². The monoisotopic (exact) mass is 436 g/mol. The zero-order valence-corrected chi connectivity index (χ0v) is 18.2. The highest BCUT2D eigenvalue weighted by Crippen LogP contribution is 2.26. The molecule has 0 atom stereocenters. The zero-order chi connectivity index (χ0) is 22.6. The SMILES string of the molecule is N#Cc1cccc(-c2cc(-c3cn(Cc4cccc(N5CCCCC5)n4)nn3)cc(N)n2)c1. The van der Waals surface area contributed by atoms with E-state index in [4.69, 9.17) is 10.7 Å². The molecule has 1 aromatic carbocycles. The smallest absolute Gasteiger partial charge is 0.128 e. The minimum atomic E-state index is 0.385. The minimum absolute atomic E-state index is 0.385. The first kappa shape index (κ1) is 20.6. The molecule has 1 fully saturated rings. The van der Waals surface area contributed by atoms with E-state index in [1.165, 1.54) is 19.3 Å². The molecule has 1 aliphatic heterocycles. The lowest BCUT2D eigenvalue weighted by Gasteiger charge is -2.27.